The number of nitriles is 1. The van der Waals surface area contributed by atoms with Crippen molar-refractivity contribution in [1.82, 2.24) is 9.88 Å². The number of pyridine rings is 1. The molecule has 0 unspecified atom stereocenters. The van der Waals surface area contributed by atoms with E-state index in [9.17, 15) is 4.79 Å². The first-order valence-electron chi connectivity index (χ1n) is 8.16. The Bertz CT molecular complexity index is 911. The van der Waals surface area contributed by atoms with E-state index in [0.717, 1.165) is 18.7 Å². The Kier molecular flexibility index (Phi) is 6.33. The summed E-state index contributed by atoms with van der Waals surface area (Å²) >= 11 is 24.1. The molecule has 0 aliphatic carbocycles. The number of carbonyl (C=O) groups excluding carboxylic acids is 1. The highest BCUT2D eigenvalue weighted by atomic mass is 35.5. The molecule has 5 nitrogen and oxygen atoms in total. The SMILES string of the molecule is N#Cc1ccc(N2CCCN(C(=O)c3nc(Cl)c(Cl)c(Cl)c3Cl)CC2)cc1. The lowest BCUT2D eigenvalue weighted by Gasteiger charge is -2.24. The van der Waals surface area contributed by atoms with Crippen LogP contribution in [0.1, 0.15) is 22.5 Å². The van der Waals surface area contributed by atoms with Crippen LogP contribution in [0.2, 0.25) is 20.2 Å². The standard InChI is InChI=1S/C18H14Cl4N4O/c19-13-14(20)16(24-17(22)15(13)21)18(27)26-7-1-6-25(8-9-26)12-4-2-11(10-23)3-5-12/h2-5H,1,6-9H2. The van der Waals surface area contributed by atoms with Crippen LogP contribution in [0.15, 0.2) is 24.3 Å². The minimum Gasteiger partial charge on any atom is -0.370 e. The summed E-state index contributed by atoms with van der Waals surface area (Å²) in [6.45, 7) is 2.49. The van der Waals surface area contributed by atoms with E-state index in [0.29, 0.717) is 25.2 Å². The zero-order valence-electron chi connectivity index (χ0n) is 14.1. The smallest absolute Gasteiger partial charge is 0.274 e. The van der Waals surface area contributed by atoms with Gasteiger partial charge in [0, 0.05) is 31.9 Å². The summed E-state index contributed by atoms with van der Waals surface area (Å²) in [4.78, 5) is 20.7. The summed E-state index contributed by atoms with van der Waals surface area (Å²) in [5.74, 6) is -0.331. The number of halogens is 4. The second-order valence-electron chi connectivity index (χ2n) is 5.98. The maximum Gasteiger partial charge on any atom is 0.274 e. The first kappa shape index (κ1) is 20.0. The van der Waals surface area contributed by atoms with Gasteiger partial charge >= 0.3 is 0 Å². The zero-order valence-corrected chi connectivity index (χ0v) is 17.1. The lowest BCUT2D eigenvalue weighted by molar-refractivity contribution is 0.0761. The first-order chi connectivity index (χ1) is 12.9. The minimum absolute atomic E-state index is 0.00268. The van der Waals surface area contributed by atoms with Crippen molar-refractivity contribution in [1.29, 1.82) is 5.26 Å². The normalized spacial score (nSPS) is 14.6. The summed E-state index contributed by atoms with van der Waals surface area (Å²) in [6, 6.07) is 9.49. The van der Waals surface area contributed by atoms with Crippen molar-refractivity contribution >= 4 is 58.0 Å². The number of carbonyl (C=O) groups is 1. The molecule has 9 heteroatoms. The molecule has 2 heterocycles. The van der Waals surface area contributed by atoms with Crippen LogP contribution in [-0.4, -0.2) is 42.0 Å². The van der Waals surface area contributed by atoms with E-state index in [1.807, 2.05) is 12.1 Å². The van der Waals surface area contributed by atoms with Gasteiger partial charge in [-0.25, -0.2) is 4.98 Å². The number of hydrogen-bond acceptors (Lipinski definition) is 4. The second-order valence-corrected chi connectivity index (χ2v) is 7.48. The number of hydrogen-bond donors (Lipinski definition) is 0. The van der Waals surface area contributed by atoms with Crippen LogP contribution < -0.4 is 4.90 Å². The molecule has 1 aromatic carbocycles. The summed E-state index contributed by atoms with van der Waals surface area (Å²) < 4.78 is 0. The lowest BCUT2D eigenvalue weighted by atomic mass is 10.2. The van der Waals surface area contributed by atoms with Gasteiger partial charge in [-0.2, -0.15) is 5.26 Å². The fraction of sp³-hybridized carbons (Fsp3) is 0.278. The molecule has 2 aromatic rings. The predicted octanol–water partition coefficient (Wildman–Crippen LogP) is 4.92. The topological polar surface area (TPSA) is 60.2 Å². The van der Waals surface area contributed by atoms with Crippen LogP contribution in [0, 0.1) is 11.3 Å². The highest BCUT2D eigenvalue weighted by molar-refractivity contribution is 6.52. The van der Waals surface area contributed by atoms with Crippen LogP contribution in [0.3, 0.4) is 0 Å². The summed E-state index contributed by atoms with van der Waals surface area (Å²) in [7, 11) is 0. The molecule has 1 aromatic heterocycles. The van der Waals surface area contributed by atoms with E-state index in [-0.39, 0.29) is 31.8 Å². The predicted molar refractivity (Wildman–Crippen MR) is 108 cm³/mol. The quantitative estimate of drug-likeness (QED) is 0.618. The Hall–Kier alpha value is -1.71. The van der Waals surface area contributed by atoms with Gasteiger partial charge in [0.15, 0.2) is 0 Å². The van der Waals surface area contributed by atoms with Crippen molar-refractivity contribution < 1.29 is 4.79 Å². The maximum atomic E-state index is 12.9. The molecule has 0 bridgehead atoms. The van der Waals surface area contributed by atoms with Crippen molar-refractivity contribution in [3.8, 4) is 6.07 Å². The lowest BCUT2D eigenvalue weighted by Crippen LogP contribution is -2.36. The molecule has 3 rings (SSSR count). The molecule has 27 heavy (non-hydrogen) atoms. The van der Waals surface area contributed by atoms with Crippen molar-refractivity contribution in [2.75, 3.05) is 31.1 Å². The van der Waals surface area contributed by atoms with Gasteiger partial charge in [0.05, 0.1) is 26.7 Å². The van der Waals surface area contributed by atoms with E-state index < -0.39 is 0 Å². The summed E-state index contributed by atoms with van der Waals surface area (Å²) in [5, 5.41) is 8.92. The van der Waals surface area contributed by atoms with Crippen molar-refractivity contribution in [3.05, 3.63) is 55.7 Å². The third-order valence-electron chi connectivity index (χ3n) is 4.33. The van der Waals surface area contributed by atoms with Gasteiger partial charge in [0.1, 0.15) is 10.8 Å². The molecule has 140 valence electrons. The molecule has 1 fully saturated rings. The van der Waals surface area contributed by atoms with Crippen molar-refractivity contribution in [2.24, 2.45) is 0 Å². The Morgan fingerprint density at radius 3 is 2.33 bits per heavy atom. The van der Waals surface area contributed by atoms with E-state index >= 15 is 0 Å². The van der Waals surface area contributed by atoms with Gasteiger partial charge in [-0.3, -0.25) is 4.79 Å². The van der Waals surface area contributed by atoms with Crippen LogP contribution in [0.5, 0.6) is 0 Å². The summed E-state index contributed by atoms with van der Waals surface area (Å²) in [5.41, 5.74) is 1.63. The number of nitrogens with zero attached hydrogens (tertiary/aromatic N) is 4. The molecule has 0 N–H and O–H groups in total. The van der Waals surface area contributed by atoms with Crippen LogP contribution in [0.4, 0.5) is 5.69 Å². The van der Waals surface area contributed by atoms with E-state index in [4.69, 9.17) is 51.7 Å². The van der Waals surface area contributed by atoms with Gasteiger partial charge < -0.3 is 9.80 Å². The monoisotopic (exact) mass is 442 g/mol. The third kappa shape index (κ3) is 4.25. The Morgan fingerprint density at radius 1 is 0.963 bits per heavy atom. The Morgan fingerprint density at radius 2 is 1.67 bits per heavy atom. The van der Waals surface area contributed by atoms with Gasteiger partial charge in [-0.05, 0) is 30.7 Å². The third-order valence-corrected chi connectivity index (χ3v) is 6.01. The van der Waals surface area contributed by atoms with Crippen LogP contribution in [-0.2, 0) is 0 Å². The highest BCUT2D eigenvalue weighted by Gasteiger charge is 2.26. The highest BCUT2D eigenvalue weighted by Crippen LogP contribution is 2.36. The molecule has 0 radical (unpaired) electrons. The molecule has 0 saturated carbocycles. The molecular formula is C18H14Cl4N4O. The summed E-state index contributed by atoms with van der Waals surface area (Å²) in [6.07, 6.45) is 0.776. The Balaban J connectivity index is 1.76. The van der Waals surface area contributed by atoms with Crippen LogP contribution in [0.25, 0.3) is 0 Å². The number of rotatable bonds is 2. The largest absolute Gasteiger partial charge is 0.370 e. The van der Waals surface area contributed by atoms with Gasteiger partial charge in [-0.1, -0.05) is 46.4 Å². The Labute approximate surface area is 177 Å². The number of benzene rings is 1. The molecular weight excluding hydrogens is 430 g/mol. The van der Waals surface area contributed by atoms with E-state index in [1.165, 1.54) is 0 Å². The van der Waals surface area contributed by atoms with Crippen LogP contribution >= 0.6 is 46.4 Å². The number of amides is 1. The number of aromatic nitrogens is 1. The van der Waals surface area contributed by atoms with Crippen molar-refractivity contribution in [3.63, 3.8) is 0 Å². The number of anilines is 1. The van der Waals surface area contributed by atoms with Gasteiger partial charge in [0.2, 0.25) is 0 Å². The average molecular weight is 444 g/mol. The van der Waals surface area contributed by atoms with Crippen molar-refractivity contribution in [2.45, 2.75) is 6.42 Å². The molecule has 1 aliphatic rings. The zero-order chi connectivity index (χ0) is 19.6. The first-order valence-corrected chi connectivity index (χ1v) is 9.68. The molecule has 1 aliphatic heterocycles. The second kappa shape index (κ2) is 8.53. The fourth-order valence-electron chi connectivity index (χ4n) is 2.90. The van der Waals surface area contributed by atoms with Gasteiger partial charge in [0.25, 0.3) is 5.91 Å². The van der Waals surface area contributed by atoms with E-state index in [2.05, 4.69) is 16.0 Å². The molecule has 0 atom stereocenters. The van der Waals surface area contributed by atoms with E-state index in [1.54, 1.807) is 17.0 Å². The molecule has 1 amide bonds. The fourth-order valence-corrected chi connectivity index (χ4v) is 3.71. The average Bonchev–Trinajstić information content (AvgIpc) is 2.95. The molecule has 1 saturated heterocycles. The van der Waals surface area contributed by atoms with Gasteiger partial charge in [-0.15, -0.1) is 0 Å². The molecule has 0 spiro atoms. The maximum absolute atomic E-state index is 12.9. The minimum atomic E-state index is -0.331.